The van der Waals surface area contributed by atoms with E-state index in [0.717, 1.165) is 30.5 Å². The van der Waals surface area contributed by atoms with Crippen LogP contribution in [0, 0.1) is 6.92 Å². The topological polar surface area (TPSA) is 69.6 Å². The molecule has 0 unspecified atom stereocenters. The molecule has 1 aliphatic rings. The smallest absolute Gasteiger partial charge is 0.244 e. The Kier molecular flexibility index (Phi) is 6.37. The highest BCUT2D eigenvalue weighted by atomic mass is 16.3. The molecule has 1 fully saturated rings. The van der Waals surface area contributed by atoms with Crippen LogP contribution in [-0.2, 0) is 9.59 Å². The van der Waals surface area contributed by atoms with E-state index in [1.807, 2.05) is 38.1 Å². The number of hydrogen-bond donors (Lipinski definition) is 2. The SMILES string of the molecule is CCCN(CC(=O)Nc1ccccc1C)C(=O)CC1(O)CCCC1. The Morgan fingerprint density at radius 2 is 1.92 bits per heavy atom. The first kappa shape index (κ1) is 18.5. The molecule has 1 aliphatic carbocycles. The highest BCUT2D eigenvalue weighted by Crippen LogP contribution is 2.32. The van der Waals surface area contributed by atoms with Gasteiger partial charge in [-0.15, -0.1) is 0 Å². The quantitative estimate of drug-likeness (QED) is 0.806. The van der Waals surface area contributed by atoms with Crippen LogP contribution in [0.3, 0.4) is 0 Å². The lowest BCUT2D eigenvalue weighted by Gasteiger charge is -2.27. The van der Waals surface area contributed by atoms with Crippen molar-refractivity contribution in [1.82, 2.24) is 4.90 Å². The summed E-state index contributed by atoms with van der Waals surface area (Å²) in [7, 11) is 0. The van der Waals surface area contributed by atoms with Crippen molar-refractivity contribution < 1.29 is 14.7 Å². The highest BCUT2D eigenvalue weighted by Gasteiger charge is 2.35. The van der Waals surface area contributed by atoms with Crippen LogP contribution in [-0.4, -0.2) is 40.5 Å². The zero-order chi connectivity index (χ0) is 17.6. The standard InChI is InChI=1S/C19H28N2O3/c1-3-12-21(18(23)13-19(24)10-6-7-11-19)14-17(22)20-16-9-5-4-8-15(16)2/h4-5,8-9,24H,3,6-7,10-14H2,1-2H3,(H,20,22). The second-order valence-corrected chi connectivity index (χ2v) is 6.79. The van der Waals surface area contributed by atoms with Crippen molar-refractivity contribution in [3.05, 3.63) is 29.8 Å². The van der Waals surface area contributed by atoms with Gasteiger partial charge in [0.25, 0.3) is 0 Å². The molecule has 5 heteroatoms. The van der Waals surface area contributed by atoms with Gasteiger partial charge in [-0.1, -0.05) is 38.0 Å². The van der Waals surface area contributed by atoms with Crippen molar-refractivity contribution in [2.45, 2.75) is 58.0 Å². The van der Waals surface area contributed by atoms with Gasteiger partial charge in [-0.3, -0.25) is 9.59 Å². The van der Waals surface area contributed by atoms with Crippen LogP contribution in [0.2, 0.25) is 0 Å². The zero-order valence-corrected chi connectivity index (χ0v) is 14.7. The molecule has 1 aromatic rings. The number of carbonyl (C=O) groups excluding carboxylic acids is 2. The van der Waals surface area contributed by atoms with Crippen molar-refractivity contribution in [2.75, 3.05) is 18.4 Å². The Morgan fingerprint density at radius 3 is 2.54 bits per heavy atom. The van der Waals surface area contributed by atoms with Gasteiger partial charge in [0, 0.05) is 12.2 Å². The lowest BCUT2D eigenvalue weighted by Crippen LogP contribution is -2.42. The Morgan fingerprint density at radius 1 is 1.25 bits per heavy atom. The molecule has 0 bridgehead atoms. The number of hydrogen-bond acceptors (Lipinski definition) is 3. The number of nitrogens with zero attached hydrogens (tertiary/aromatic N) is 1. The molecule has 5 nitrogen and oxygen atoms in total. The largest absolute Gasteiger partial charge is 0.389 e. The van der Waals surface area contributed by atoms with E-state index in [9.17, 15) is 14.7 Å². The van der Waals surface area contributed by atoms with Gasteiger partial charge >= 0.3 is 0 Å². The Balaban J connectivity index is 1.95. The summed E-state index contributed by atoms with van der Waals surface area (Å²) in [6, 6.07) is 7.56. The summed E-state index contributed by atoms with van der Waals surface area (Å²) in [5, 5.41) is 13.3. The number of aryl methyl sites for hydroxylation is 1. The molecule has 132 valence electrons. The normalized spacial score (nSPS) is 16.0. The molecule has 1 saturated carbocycles. The Labute approximate surface area is 144 Å². The second kappa shape index (κ2) is 8.29. The van der Waals surface area contributed by atoms with Gasteiger partial charge in [0.05, 0.1) is 18.6 Å². The molecule has 0 aliphatic heterocycles. The van der Waals surface area contributed by atoms with Crippen molar-refractivity contribution in [2.24, 2.45) is 0 Å². The number of para-hydroxylation sites is 1. The summed E-state index contributed by atoms with van der Waals surface area (Å²) in [5.41, 5.74) is 0.871. The van der Waals surface area contributed by atoms with Gasteiger partial charge in [-0.25, -0.2) is 0 Å². The van der Waals surface area contributed by atoms with Gasteiger partial charge in [0.1, 0.15) is 0 Å². The van der Waals surface area contributed by atoms with E-state index in [2.05, 4.69) is 5.32 Å². The van der Waals surface area contributed by atoms with E-state index < -0.39 is 5.60 Å². The number of anilines is 1. The van der Waals surface area contributed by atoms with Crippen molar-refractivity contribution in [3.8, 4) is 0 Å². The third-order valence-corrected chi connectivity index (χ3v) is 4.61. The lowest BCUT2D eigenvalue weighted by molar-refractivity contribution is -0.139. The second-order valence-electron chi connectivity index (χ2n) is 6.79. The van der Waals surface area contributed by atoms with Gasteiger partial charge in [0.15, 0.2) is 0 Å². The third-order valence-electron chi connectivity index (χ3n) is 4.61. The van der Waals surface area contributed by atoms with Crippen LogP contribution in [0.5, 0.6) is 0 Å². The minimum absolute atomic E-state index is 0.0249. The third kappa shape index (κ3) is 5.06. The maximum Gasteiger partial charge on any atom is 0.244 e. The summed E-state index contributed by atoms with van der Waals surface area (Å²) < 4.78 is 0. The predicted octanol–water partition coefficient (Wildman–Crippen LogP) is 2.87. The molecule has 2 N–H and O–H groups in total. The zero-order valence-electron chi connectivity index (χ0n) is 14.7. The van der Waals surface area contributed by atoms with Crippen LogP contribution in [0.1, 0.15) is 51.0 Å². The fraction of sp³-hybridized carbons (Fsp3) is 0.579. The number of nitrogens with one attached hydrogen (secondary N) is 1. The molecule has 0 atom stereocenters. The number of carbonyl (C=O) groups is 2. The number of benzene rings is 1. The average molecular weight is 332 g/mol. The minimum atomic E-state index is -0.879. The monoisotopic (exact) mass is 332 g/mol. The maximum atomic E-state index is 12.5. The summed E-state index contributed by atoms with van der Waals surface area (Å²) in [6.07, 6.45) is 4.17. The minimum Gasteiger partial charge on any atom is -0.389 e. The Hall–Kier alpha value is -1.88. The molecule has 0 spiro atoms. The van der Waals surface area contributed by atoms with Gasteiger partial charge in [0.2, 0.25) is 11.8 Å². The first-order valence-corrected chi connectivity index (χ1v) is 8.79. The van der Waals surface area contributed by atoms with Gasteiger partial charge in [-0.05, 0) is 37.8 Å². The van der Waals surface area contributed by atoms with Crippen molar-refractivity contribution >= 4 is 17.5 Å². The van der Waals surface area contributed by atoms with Crippen LogP contribution >= 0.6 is 0 Å². The van der Waals surface area contributed by atoms with Crippen molar-refractivity contribution in [3.63, 3.8) is 0 Å². The predicted molar refractivity (Wildman–Crippen MR) is 94.7 cm³/mol. The highest BCUT2D eigenvalue weighted by molar-refractivity contribution is 5.95. The molecular formula is C19H28N2O3. The summed E-state index contributed by atoms with van der Waals surface area (Å²) in [4.78, 5) is 26.4. The number of rotatable bonds is 7. The van der Waals surface area contributed by atoms with E-state index in [1.54, 1.807) is 4.90 Å². The molecule has 24 heavy (non-hydrogen) atoms. The van der Waals surface area contributed by atoms with E-state index in [1.165, 1.54) is 0 Å². The fourth-order valence-corrected chi connectivity index (χ4v) is 3.24. The molecule has 0 heterocycles. The fourth-order valence-electron chi connectivity index (χ4n) is 3.24. The van der Waals surface area contributed by atoms with E-state index >= 15 is 0 Å². The molecule has 2 rings (SSSR count). The molecule has 0 aromatic heterocycles. The molecule has 0 saturated heterocycles. The van der Waals surface area contributed by atoms with Gasteiger partial charge in [-0.2, -0.15) is 0 Å². The molecule has 0 radical (unpaired) electrons. The van der Waals surface area contributed by atoms with Crippen LogP contribution in [0.25, 0.3) is 0 Å². The summed E-state index contributed by atoms with van der Waals surface area (Å²) in [5.74, 6) is -0.342. The lowest BCUT2D eigenvalue weighted by atomic mass is 9.97. The van der Waals surface area contributed by atoms with E-state index in [0.29, 0.717) is 19.4 Å². The van der Waals surface area contributed by atoms with Crippen LogP contribution in [0.15, 0.2) is 24.3 Å². The van der Waals surface area contributed by atoms with Crippen molar-refractivity contribution in [1.29, 1.82) is 0 Å². The molecular weight excluding hydrogens is 304 g/mol. The summed E-state index contributed by atoms with van der Waals surface area (Å²) >= 11 is 0. The van der Waals surface area contributed by atoms with Gasteiger partial charge < -0.3 is 15.3 Å². The average Bonchev–Trinajstić information content (AvgIpc) is 2.95. The Bertz CT molecular complexity index is 580. The number of amides is 2. The number of aliphatic hydroxyl groups is 1. The molecule has 2 amide bonds. The van der Waals surface area contributed by atoms with Crippen LogP contribution < -0.4 is 5.32 Å². The first-order valence-electron chi connectivity index (χ1n) is 8.79. The maximum absolute atomic E-state index is 12.5. The van der Waals surface area contributed by atoms with E-state index in [-0.39, 0.29) is 24.8 Å². The summed E-state index contributed by atoms with van der Waals surface area (Å²) in [6.45, 7) is 4.46. The first-order chi connectivity index (χ1) is 11.4. The van der Waals surface area contributed by atoms with Crippen LogP contribution in [0.4, 0.5) is 5.69 Å². The molecule has 1 aromatic carbocycles. The van der Waals surface area contributed by atoms with E-state index in [4.69, 9.17) is 0 Å².